The van der Waals surface area contributed by atoms with Crippen LogP contribution < -0.4 is 4.90 Å². The van der Waals surface area contributed by atoms with Crippen molar-refractivity contribution in [3.63, 3.8) is 0 Å². The van der Waals surface area contributed by atoms with Crippen molar-refractivity contribution in [1.29, 1.82) is 0 Å². The molecule has 19 heavy (non-hydrogen) atoms. The van der Waals surface area contributed by atoms with E-state index in [1.165, 1.54) is 4.90 Å². The standard InChI is InChI=1S/C15H21NO2.U/c1-11(2)16(10-17)13-8-6-12(7-9-13)14(18)15(3,4)5;/h6-9,11,14,18H,1H2,2-5H3;/q-2;+2/t11-,14?;/m1./s1. The van der Waals surface area contributed by atoms with Gasteiger partial charge in [-0.25, -0.2) is 0 Å². The van der Waals surface area contributed by atoms with Crippen LogP contribution in [0.2, 0.25) is 0 Å². The number of hydrogen-bond acceptors (Lipinski definition) is 2. The van der Waals surface area contributed by atoms with Crippen LogP contribution in [0.5, 0.6) is 0 Å². The van der Waals surface area contributed by atoms with E-state index in [4.69, 9.17) is 0 Å². The average Bonchev–Trinajstić information content (AvgIpc) is 2.28. The van der Waals surface area contributed by atoms with Crippen molar-refractivity contribution >= 4 is 12.1 Å². The third-order valence-electron chi connectivity index (χ3n) is 2.85. The van der Waals surface area contributed by atoms with Gasteiger partial charge in [-0.15, -0.1) is 23.9 Å². The number of aliphatic hydroxyl groups is 1. The molecule has 0 fully saturated rings. The smallest absolute Gasteiger partial charge is 0.500 e. The summed E-state index contributed by atoms with van der Waals surface area (Å²) >= 11 is 0. The van der Waals surface area contributed by atoms with Crippen LogP contribution in [0.3, 0.4) is 0 Å². The third-order valence-corrected chi connectivity index (χ3v) is 2.85. The van der Waals surface area contributed by atoms with Crippen LogP contribution in [0.1, 0.15) is 39.4 Å². The maximum absolute atomic E-state index is 10.8. The zero-order valence-corrected chi connectivity index (χ0v) is 16.1. The van der Waals surface area contributed by atoms with Crippen molar-refractivity contribution in [2.75, 3.05) is 4.90 Å². The minimum Gasteiger partial charge on any atom is -0.500 e. The van der Waals surface area contributed by atoms with Gasteiger partial charge in [-0.3, -0.25) is 0 Å². The van der Waals surface area contributed by atoms with Gasteiger partial charge in [0.05, 0.1) is 12.5 Å². The van der Waals surface area contributed by atoms with Gasteiger partial charge in [0.2, 0.25) is 0 Å². The quantitative estimate of drug-likeness (QED) is 0.527. The summed E-state index contributed by atoms with van der Waals surface area (Å²) in [6.07, 6.45) is 1.32. The number of carbonyl (C=O) groups excluding carboxylic acids is 1. The van der Waals surface area contributed by atoms with E-state index < -0.39 is 6.10 Å². The van der Waals surface area contributed by atoms with Gasteiger partial charge in [0.25, 0.3) is 0 Å². The predicted molar refractivity (Wildman–Crippen MR) is 73.8 cm³/mol. The second-order valence-corrected chi connectivity index (χ2v) is 5.67. The first-order valence-electron chi connectivity index (χ1n) is 6.05. The number of hydrogen-bond donors (Lipinski definition) is 1. The molecular formula is C15H21NO2U. The molecule has 0 saturated heterocycles. The molecule has 102 valence electrons. The van der Waals surface area contributed by atoms with Gasteiger partial charge in [0.15, 0.2) is 0 Å². The minimum atomic E-state index is -0.530. The Kier molecular flexibility index (Phi) is 7.36. The zero-order valence-electron chi connectivity index (χ0n) is 12.0. The molecule has 1 rings (SSSR count). The number of amides is 1. The first kappa shape index (κ1) is 18.7. The van der Waals surface area contributed by atoms with Gasteiger partial charge in [-0.1, -0.05) is 39.8 Å². The van der Waals surface area contributed by atoms with Gasteiger partial charge in [-0.2, -0.15) is 0 Å². The summed E-state index contributed by atoms with van der Waals surface area (Å²) in [6.45, 7) is 11.6. The largest absolute Gasteiger partial charge is 2.00 e. The van der Waals surface area contributed by atoms with E-state index >= 15 is 0 Å². The van der Waals surface area contributed by atoms with Crippen LogP contribution in [0.25, 0.3) is 0 Å². The van der Waals surface area contributed by atoms with Crippen molar-refractivity contribution in [3.05, 3.63) is 36.8 Å². The Morgan fingerprint density at radius 1 is 1.26 bits per heavy atom. The van der Waals surface area contributed by atoms with Crippen molar-refractivity contribution in [1.82, 2.24) is 0 Å². The SMILES string of the molecule is [CH2-][C@H](C)N([C-]=O)c1ccc(C(O)C(C)(C)C)cc1.[U+2]. The molecule has 3 nitrogen and oxygen atoms in total. The molecule has 1 amide bonds. The molecule has 0 aliphatic carbocycles. The Balaban J connectivity index is 0.00000324. The van der Waals surface area contributed by atoms with E-state index in [9.17, 15) is 9.90 Å². The van der Waals surface area contributed by atoms with E-state index in [0.717, 1.165) is 11.3 Å². The molecule has 1 aromatic carbocycles. The fourth-order valence-electron chi connectivity index (χ4n) is 1.71. The van der Waals surface area contributed by atoms with E-state index in [1.807, 2.05) is 46.2 Å². The summed E-state index contributed by atoms with van der Waals surface area (Å²) in [5.74, 6) is 0. The fourth-order valence-corrected chi connectivity index (χ4v) is 1.71. The normalized spacial score (nSPS) is 14.2. The monoisotopic (exact) mass is 485 g/mol. The van der Waals surface area contributed by atoms with Gasteiger partial charge in [0, 0.05) is 0 Å². The van der Waals surface area contributed by atoms with Gasteiger partial charge >= 0.3 is 31.1 Å². The minimum absolute atomic E-state index is 0. The summed E-state index contributed by atoms with van der Waals surface area (Å²) in [5.41, 5.74) is 1.36. The number of benzene rings is 1. The molecule has 4 heteroatoms. The molecule has 0 bridgehead atoms. The first-order valence-corrected chi connectivity index (χ1v) is 6.05. The van der Waals surface area contributed by atoms with Crippen molar-refractivity contribution < 1.29 is 41.0 Å². The van der Waals surface area contributed by atoms with Crippen molar-refractivity contribution in [2.45, 2.75) is 39.8 Å². The molecule has 0 radical (unpaired) electrons. The van der Waals surface area contributed by atoms with Crippen LogP contribution in [-0.4, -0.2) is 17.6 Å². The Bertz CT molecular complexity index is 396. The maximum atomic E-state index is 10.8. The zero-order chi connectivity index (χ0) is 13.9. The molecule has 0 aliphatic heterocycles. The van der Waals surface area contributed by atoms with Crippen LogP contribution in [0.15, 0.2) is 24.3 Å². The number of rotatable bonds is 4. The molecule has 0 aromatic heterocycles. The van der Waals surface area contributed by atoms with Crippen LogP contribution in [0.4, 0.5) is 5.69 Å². The van der Waals surface area contributed by atoms with Crippen molar-refractivity contribution in [3.8, 4) is 0 Å². The Morgan fingerprint density at radius 2 is 1.74 bits per heavy atom. The van der Waals surface area contributed by atoms with Crippen LogP contribution in [0, 0.1) is 43.5 Å². The van der Waals surface area contributed by atoms with Gasteiger partial charge in [-0.05, 0) is 11.0 Å². The molecule has 0 saturated carbocycles. The van der Waals surface area contributed by atoms with Gasteiger partial charge < -0.3 is 21.7 Å². The summed E-state index contributed by atoms with van der Waals surface area (Å²) in [4.78, 5) is 12.3. The molecule has 0 heterocycles. The van der Waals surface area contributed by atoms with Crippen LogP contribution in [-0.2, 0) is 4.79 Å². The maximum Gasteiger partial charge on any atom is 2.00 e. The van der Waals surface area contributed by atoms with Gasteiger partial charge in [0.1, 0.15) is 0 Å². The first-order chi connectivity index (χ1) is 8.27. The van der Waals surface area contributed by atoms with E-state index in [-0.39, 0.29) is 42.6 Å². The molecule has 1 unspecified atom stereocenters. The second-order valence-electron chi connectivity index (χ2n) is 5.67. The van der Waals surface area contributed by atoms with Crippen LogP contribution >= 0.6 is 0 Å². The molecule has 1 aromatic rings. The molecule has 0 aliphatic rings. The molecular weight excluding hydrogens is 464 g/mol. The topological polar surface area (TPSA) is 40.5 Å². The van der Waals surface area contributed by atoms with E-state index in [1.54, 1.807) is 12.1 Å². The fraction of sp³-hybridized carbons (Fsp3) is 0.467. The Hall–Kier alpha value is -0.298. The molecule has 0 spiro atoms. The Morgan fingerprint density at radius 3 is 2.05 bits per heavy atom. The summed E-state index contributed by atoms with van der Waals surface area (Å²) in [5, 5.41) is 10.1. The van der Waals surface area contributed by atoms with E-state index in [0.29, 0.717) is 0 Å². The predicted octanol–water partition coefficient (Wildman–Crippen LogP) is 2.86. The third kappa shape index (κ3) is 4.95. The molecule has 1 N–H and O–H groups in total. The summed E-state index contributed by atoms with van der Waals surface area (Å²) < 4.78 is 0. The average molecular weight is 485 g/mol. The summed E-state index contributed by atoms with van der Waals surface area (Å²) in [6, 6.07) is 7.09. The number of aliphatic hydroxyl groups excluding tert-OH is 1. The number of nitrogens with zero attached hydrogens (tertiary/aromatic N) is 1. The second kappa shape index (κ2) is 7.48. The molecule has 2 atom stereocenters. The van der Waals surface area contributed by atoms with E-state index in [2.05, 4.69) is 6.92 Å². The number of anilines is 1. The van der Waals surface area contributed by atoms with Crippen molar-refractivity contribution in [2.24, 2.45) is 5.41 Å². The Labute approximate surface area is 139 Å². The summed E-state index contributed by atoms with van der Waals surface area (Å²) in [7, 11) is 0.